The second kappa shape index (κ2) is 6.15. The van der Waals surface area contributed by atoms with Gasteiger partial charge in [-0.3, -0.25) is 0 Å². The van der Waals surface area contributed by atoms with Crippen LogP contribution < -0.4 is 5.73 Å². The van der Waals surface area contributed by atoms with Crippen LogP contribution in [-0.2, 0) is 6.42 Å². The molecule has 0 aliphatic rings. The summed E-state index contributed by atoms with van der Waals surface area (Å²) in [5, 5.41) is 2.04. The minimum Gasteiger partial charge on any atom is -0.324 e. The van der Waals surface area contributed by atoms with Crippen LogP contribution in [0.15, 0.2) is 36.4 Å². The minimum absolute atomic E-state index is 0.205. The summed E-state index contributed by atoms with van der Waals surface area (Å²) in [6, 6.07) is 11.0. The summed E-state index contributed by atoms with van der Waals surface area (Å²) in [7, 11) is 0. The third-order valence-corrected chi connectivity index (χ3v) is 4.19. The molecular weight excluding hydrogens is 301 g/mol. The highest BCUT2D eigenvalue weighted by Crippen LogP contribution is 2.29. The van der Waals surface area contributed by atoms with E-state index in [1.54, 1.807) is 12.1 Å². The first-order chi connectivity index (χ1) is 8.99. The fourth-order valence-electron chi connectivity index (χ4n) is 2.00. The quantitative estimate of drug-likeness (QED) is 0.828. The third kappa shape index (κ3) is 3.43. The normalized spacial score (nSPS) is 12.5. The van der Waals surface area contributed by atoms with Crippen LogP contribution in [0.3, 0.4) is 0 Å². The fourth-order valence-corrected chi connectivity index (χ4v) is 2.66. The average Bonchev–Trinajstić information content (AvgIpc) is 2.37. The van der Waals surface area contributed by atoms with E-state index in [9.17, 15) is 0 Å². The van der Waals surface area contributed by atoms with Crippen LogP contribution in [0.4, 0.5) is 0 Å². The van der Waals surface area contributed by atoms with Crippen LogP contribution in [0.1, 0.15) is 22.7 Å². The molecule has 0 aliphatic carbocycles. The van der Waals surface area contributed by atoms with Crippen molar-refractivity contribution in [2.45, 2.75) is 19.4 Å². The predicted molar refractivity (Wildman–Crippen MR) is 83.3 cm³/mol. The molecule has 1 atom stereocenters. The Morgan fingerprint density at radius 2 is 1.84 bits per heavy atom. The predicted octanol–water partition coefficient (Wildman–Crippen LogP) is 5.20. The first kappa shape index (κ1) is 14.7. The van der Waals surface area contributed by atoms with Gasteiger partial charge < -0.3 is 5.73 Å². The SMILES string of the molecule is Cc1cccc(C(N)Cc2cc(Cl)ccc2Cl)c1Cl. The van der Waals surface area contributed by atoms with Gasteiger partial charge in [0, 0.05) is 21.1 Å². The molecule has 0 radical (unpaired) electrons. The van der Waals surface area contributed by atoms with Crippen LogP contribution in [0.2, 0.25) is 15.1 Å². The number of nitrogens with two attached hydrogens (primary N) is 1. The van der Waals surface area contributed by atoms with E-state index in [2.05, 4.69) is 0 Å². The van der Waals surface area contributed by atoms with Gasteiger partial charge in [-0.2, -0.15) is 0 Å². The van der Waals surface area contributed by atoms with Gasteiger partial charge >= 0.3 is 0 Å². The molecule has 0 aromatic heterocycles. The highest BCUT2D eigenvalue weighted by molar-refractivity contribution is 6.33. The van der Waals surface area contributed by atoms with Crippen LogP contribution >= 0.6 is 34.8 Å². The van der Waals surface area contributed by atoms with Gasteiger partial charge in [0.15, 0.2) is 0 Å². The lowest BCUT2D eigenvalue weighted by Crippen LogP contribution is -2.14. The molecule has 100 valence electrons. The average molecular weight is 315 g/mol. The number of hydrogen-bond donors (Lipinski definition) is 1. The number of aryl methyl sites for hydroxylation is 1. The van der Waals surface area contributed by atoms with Crippen molar-refractivity contribution in [2.24, 2.45) is 5.73 Å². The molecule has 0 fully saturated rings. The van der Waals surface area contributed by atoms with E-state index in [4.69, 9.17) is 40.5 Å². The molecule has 0 spiro atoms. The first-order valence-electron chi connectivity index (χ1n) is 5.93. The van der Waals surface area contributed by atoms with Gasteiger partial charge in [0.25, 0.3) is 0 Å². The zero-order valence-corrected chi connectivity index (χ0v) is 12.7. The molecular formula is C15H14Cl3N. The van der Waals surface area contributed by atoms with Crippen LogP contribution in [0, 0.1) is 6.92 Å². The van der Waals surface area contributed by atoms with Crippen LogP contribution in [0.25, 0.3) is 0 Å². The van der Waals surface area contributed by atoms with Crippen molar-refractivity contribution in [2.75, 3.05) is 0 Å². The molecule has 0 heterocycles. The fraction of sp³-hybridized carbons (Fsp3) is 0.200. The molecule has 1 nitrogen and oxygen atoms in total. The molecule has 2 aromatic carbocycles. The van der Waals surface area contributed by atoms with E-state index in [-0.39, 0.29) is 6.04 Å². The van der Waals surface area contributed by atoms with Crippen molar-refractivity contribution in [3.8, 4) is 0 Å². The number of benzene rings is 2. The van der Waals surface area contributed by atoms with Gasteiger partial charge in [-0.25, -0.2) is 0 Å². The maximum absolute atomic E-state index is 6.29. The lowest BCUT2D eigenvalue weighted by Gasteiger charge is -2.16. The molecule has 0 saturated heterocycles. The van der Waals surface area contributed by atoms with Gasteiger partial charge in [-0.15, -0.1) is 0 Å². The molecule has 0 aliphatic heterocycles. The number of hydrogen-bond acceptors (Lipinski definition) is 1. The molecule has 2 N–H and O–H groups in total. The molecule has 2 aromatic rings. The minimum atomic E-state index is -0.205. The standard InChI is InChI=1S/C15H14Cl3N/c1-9-3-2-4-12(15(9)18)14(19)8-10-7-11(16)5-6-13(10)17/h2-7,14H,8,19H2,1H3. The summed E-state index contributed by atoms with van der Waals surface area (Å²) in [5.74, 6) is 0. The monoisotopic (exact) mass is 313 g/mol. The van der Waals surface area contributed by atoms with E-state index in [1.165, 1.54) is 0 Å². The number of halogens is 3. The Kier molecular flexibility index (Phi) is 4.75. The highest BCUT2D eigenvalue weighted by atomic mass is 35.5. The zero-order chi connectivity index (χ0) is 14.0. The van der Waals surface area contributed by atoms with E-state index in [0.717, 1.165) is 16.7 Å². The van der Waals surface area contributed by atoms with Crippen LogP contribution in [-0.4, -0.2) is 0 Å². The van der Waals surface area contributed by atoms with E-state index in [1.807, 2.05) is 31.2 Å². The summed E-state index contributed by atoms with van der Waals surface area (Å²) >= 11 is 18.4. The second-order valence-corrected chi connectivity index (χ2v) is 5.75. The van der Waals surface area contributed by atoms with E-state index < -0.39 is 0 Å². The molecule has 2 rings (SSSR count). The molecule has 0 saturated carbocycles. The summed E-state index contributed by atoms with van der Waals surface area (Å²) in [5.41, 5.74) is 9.11. The first-order valence-corrected chi connectivity index (χ1v) is 7.07. The van der Waals surface area contributed by atoms with Gasteiger partial charge in [0.1, 0.15) is 0 Å². The largest absolute Gasteiger partial charge is 0.324 e. The van der Waals surface area contributed by atoms with Gasteiger partial charge in [0.05, 0.1) is 0 Å². The Labute approximate surface area is 128 Å². The van der Waals surface area contributed by atoms with E-state index >= 15 is 0 Å². The Hall–Kier alpha value is -0.730. The van der Waals surface area contributed by atoms with Gasteiger partial charge in [-0.05, 0) is 48.2 Å². The van der Waals surface area contributed by atoms with Crippen molar-refractivity contribution in [1.82, 2.24) is 0 Å². The Bertz CT molecular complexity index is 596. The lowest BCUT2D eigenvalue weighted by molar-refractivity contribution is 0.721. The highest BCUT2D eigenvalue weighted by Gasteiger charge is 2.14. The molecule has 19 heavy (non-hydrogen) atoms. The molecule has 1 unspecified atom stereocenters. The van der Waals surface area contributed by atoms with E-state index in [0.29, 0.717) is 21.5 Å². The van der Waals surface area contributed by atoms with Crippen molar-refractivity contribution in [3.63, 3.8) is 0 Å². The molecule has 0 amide bonds. The maximum atomic E-state index is 6.29. The summed E-state index contributed by atoms with van der Waals surface area (Å²) in [6.07, 6.45) is 0.600. The Morgan fingerprint density at radius 3 is 2.58 bits per heavy atom. The summed E-state index contributed by atoms with van der Waals surface area (Å²) in [4.78, 5) is 0. The topological polar surface area (TPSA) is 26.0 Å². The van der Waals surface area contributed by atoms with Gasteiger partial charge in [-0.1, -0.05) is 53.0 Å². The Balaban J connectivity index is 2.28. The zero-order valence-electron chi connectivity index (χ0n) is 10.5. The smallest absolute Gasteiger partial charge is 0.0483 e. The second-order valence-electron chi connectivity index (χ2n) is 4.52. The summed E-state index contributed by atoms with van der Waals surface area (Å²) < 4.78 is 0. The molecule has 4 heteroatoms. The van der Waals surface area contributed by atoms with Crippen LogP contribution in [0.5, 0.6) is 0 Å². The van der Waals surface area contributed by atoms with Crippen molar-refractivity contribution in [1.29, 1.82) is 0 Å². The van der Waals surface area contributed by atoms with Gasteiger partial charge in [0.2, 0.25) is 0 Å². The third-order valence-electron chi connectivity index (χ3n) is 3.07. The Morgan fingerprint density at radius 1 is 1.11 bits per heavy atom. The molecule has 0 bridgehead atoms. The van der Waals surface area contributed by atoms with Crippen molar-refractivity contribution < 1.29 is 0 Å². The number of rotatable bonds is 3. The maximum Gasteiger partial charge on any atom is 0.0483 e. The lowest BCUT2D eigenvalue weighted by atomic mass is 9.98. The van der Waals surface area contributed by atoms with Crippen molar-refractivity contribution >= 4 is 34.8 Å². The van der Waals surface area contributed by atoms with Crippen molar-refractivity contribution in [3.05, 3.63) is 68.2 Å². The summed E-state index contributed by atoms with van der Waals surface area (Å²) in [6.45, 7) is 1.96.